The summed E-state index contributed by atoms with van der Waals surface area (Å²) in [6.45, 7) is 5.25. The molecule has 2 aliphatic carbocycles. The number of alkyl carbamates (subject to hydrolysis) is 1. The minimum absolute atomic E-state index is 0.109. The van der Waals surface area contributed by atoms with Crippen LogP contribution >= 0.6 is 0 Å². The summed E-state index contributed by atoms with van der Waals surface area (Å²) in [7, 11) is 0. The largest absolute Gasteiger partial charge is 0.480 e. The number of carboxylic acid groups (broad SMARTS) is 1. The summed E-state index contributed by atoms with van der Waals surface area (Å²) < 4.78 is 5.86. The summed E-state index contributed by atoms with van der Waals surface area (Å²) in [4.78, 5) is 31.6. The fourth-order valence-electron chi connectivity index (χ4n) is 9.67. The van der Waals surface area contributed by atoms with Gasteiger partial charge in [0, 0.05) is 44.2 Å². The van der Waals surface area contributed by atoms with Crippen LogP contribution in [0.25, 0.3) is 0 Å². The Bertz CT molecular complexity index is 1220. The number of hydrogen-bond acceptors (Lipinski definition) is 5. The van der Waals surface area contributed by atoms with Gasteiger partial charge in [0.2, 0.25) is 0 Å². The van der Waals surface area contributed by atoms with E-state index >= 15 is 0 Å². The SMILES string of the molecule is C[C@@H]1[C@@H](N2CCC(OC(=O)NCc3ccccc3)CC2)[C@@H](c2ccccc2)CN1C(C(=O)O)(C1CCCCC1)C1CCCCC1. The Morgan fingerprint density at radius 3 is 1.93 bits per heavy atom. The van der Waals surface area contributed by atoms with E-state index < -0.39 is 11.5 Å². The van der Waals surface area contributed by atoms with E-state index in [1.165, 1.54) is 18.4 Å². The van der Waals surface area contributed by atoms with Crippen molar-refractivity contribution in [3.05, 3.63) is 71.8 Å². The molecule has 0 bridgehead atoms. The summed E-state index contributed by atoms with van der Waals surface area (Å²) in [5.74, 6) is 0.0731. The van der Waals surface area contributed by atoms with Crippen LogP contribution in [0.2, 0.25) is 0 Å². The summed E-state index contributed by atoms with van der Waals surface area (Å²) >= 11 is 0. The highest BCUT2D eigenvalue weighted by molar-refractivity contribution is 5.80. The highest BCUT2D eigenvalue weighted by atomic mass is 16.6. The number of piperidine rings is 1. The molecule has 7 nitrogen and oxygen atoms in total. The lowest BCUT2D eigenvalue weighted by atomic mass is 9.63. The number of nitrogens with zero attached hydrogens (tertiary/aromatic N) is 2. The lowest BCUT2D eigenvalue weighted by Crippen LogP contribution is -2.66. The van der Waals surface area contributed by atoms with Gasteiger partial charge in [0.1, 0.15) is 11.6 Å². The van der Waals surface area contributed by atoms with Crippen LogP contribution in [0.15, 0.2) is 60.7 Å². The van der Waals surface area contributed by atoms with Gasteiger partial charge < -0.3 is 15.2 Å². The monoisotopic (exact) mass is 615 g/mol. The summed E-state index contributed by atoms with van der Waals surface area (Å²) in [6.07, 6.45) is 12.3. The molecule has 2 saturated carbocycles. The van der Waals surface area contributed by atoms with Crippen LogP contribution in [-0.4, -0.2) is 70.3 Å². The fraction of sp³-hybridized carbons (Fsp3) is 0.632. The lowest BCUT2D eigenvalue weighted by molar-refractivity contribution is -0.167. The number of likely N-dealkylation sites (tertiary alicyclic amines) is 2. The van der Waals surface area contributed by atoms with Gasteiger partial charge in [-0.05, 0) is 68.4 Å². The minimum Gasteiger partial charge on any atom is -0.480 e. The van der Waals surface area contributed by atoms with Gasteiger partial charge in [-0.1, -0.05) is 99.2 Å². The Morgan fingerprint density at radius 1 is 0.822 bits per heavy atom. The molecule has 6 rings (SSSR count). The molecule has 2 aliphatic heterocycles. The summed E-state index contributed by atoms with van der Waals surface area (Å²) in [6, 6.07) is 21.0. The van der Waals surface area contributed by atoms with E-state index in [9.17, 15) is 14.7 Å². The van der Waals surface area contributed by atoms with Crippen molar-refractivity contribution in [2.75, 3.05) is 19.6 Å². The zero-order chi connectivity index (χ0) is 31.2. The van der Waals surface area contributed by atoms with E-state index in [2.05, 4.69) is 52.4 Å². The third-order valence-electron chi connectivity index (χ3n) is 11.7. The topological polar surface area (TPSA) is 82.1 Å². The molecule has 2 aromatic carbocycles. The molecular weight excluding hydrogens is 562 g/mol. The first-order valence-electron chi connectivity index (χ1n) is 17.8. The van der Waals surface area contributed by atoms with Gasteiger partial charge >= 0.3 is 12.1 Å². The second-order valence-electron chi connectivity index (χ2n) is 14.2. The number of benzene rings is 2. The predicted octanol–water partition coefficient (Wildman–Crippen LogP) is 7.22. The standard InChI is InChI=1S/C38H53N3O4/c1-28-35(40-24-22-33(23-25-40)45-37(44)39-26-29-14-6-2-7-15-29)34(30-16-8-3-9-17-30)27-41(28)38(36(42)43,31-18-10-4-11-19-31)32-20-12-5-13-21-32/h2-3,6-9,14-17,28,31-35H,4-5,10-13,18-27H2,1H3,(H,39,44)(H,42,43)/t28-,34-,35-/m1/s1. The number of amides is 1. The van der Waals surface area contributed by atoms with Crippen molar-refractivity contribution in [2.24, 2.45) is 11.8 Å². The van der Waals surface area contributed by atoms with Crippen molar-refractivity contribution in [2.45, 2.75) is 120 Å². The highest BCUT2D eigenvalue weighted by Gasteiger charge is 2.61. The van der Waals surface area contributed by atoms with Crippen molar-refractivity contribution in [1.82, 2.24) is 15.1 Å². The maximum atomic E-state index is 13.9. The zero-order valence-corrected chi connectivity index (χ0v) is 27.1. The molecular formula is C38H53N3O4. The van der Waals surface area contributed by atoms with Gasteiger partial charge in [-0.2, -0.15) is 0 Å². The van der Waals surface area contributed by atoms with Gasteiger partial charge in [-0.15, -0.1) is 0 Å². The molecule has 4 aliphatic rings. The number of ether oxygens (including phenoxy) is 1. The lowest BCUT2D eigenvalue weighted by Gasteiger charge is -2.53. The van der Waals surface area contributed by atoms with Crippen LogP contribution in [0.5, 0.6) is 0 Å². The van der Waals surface area contributed by atoms with Crippen LogP contribution in [0.1, 0.15) is 101 Å². The van der Waals surface area contributed by atoms with Gasteiger partial charge in [-0.3, -0.25) is 14.6 Å². The Labute approximate surface area is 269 Å². The Hall–Kier alpha value is -2.90. The van der Waals surface area contributed by atoms with E-state index in [-0.39, 0.29) is 42.0 Å². The van der Waals surface area contributed by atoms with Crippen LogP contribution < -0.4 is 5.32 Å². The number of rotatable bonds is 9. The predicted molar refractivity (Wildman–Crippen MR) is 177 cm³/mol. The van der Waals surface area contributed by atoms with Crippen LogP contribution in [0, 0.1) is 11.8 Å². The van der Waals surface area contributed by atoms with Gasteiger partial charge in [0.25, 0.3) is 0 Å². The van der Waals surface area contributed by atoms with E-state index in [0.717, 1.165) is 89.4 Å². The quantitative estimate of drug-likeness (QED) is 0.310. The van der Waals surface area contributed by atoms with E-state index in [0.29, 0.717) is 6.54 Å². The number of carboxylic acids is 1. The Kier molecular flexibility index (Phi) is 10.5. The first-order valence-corrected chi connectivity index (χ1v) is 17.8. The van der Waals surface area contributed by atoms with Gasteiger partial charge in [0.05, 0.1) is 0 Å². The maximum absolute atomic E-state index is 13.9. The van der Waals surface area contributed by atoms with E-state index in [1.54, 1.807) is 0 Å². The molecule has 7 heteroatoms. The molecule has 0 aromatic heterocycles. The molecule has 244 valence electrons. The number of carbonyl (C=O) groups is 2. The van der Waals surface area contributed by atoms with Crippen LogP contribution in [0.3, 0.4) is 0 Å². The summed E-state index contributed by atoms with van der Waals surface area (Å²) in [5, 5.41) is 14.3. The fourth-order valence-corrected chi connectivity index (χ4v) is 9.67. The molecule has 0 radical (unpaired) electrons. The van der Waals surface area contributed by atoms with Crippen LogP contribution in [-0.2, 0) is 16.1 Å². The molecule has 0 spiro atoms. The second kappa shape index (κ2) is 14.7. The zero-order valence-electron chi connectivity index (χ0n) is 27.1. The molecule has 2 heterocycles. The highest BCUT2D eigenvalue weighted by Crippen LogP contribution is 2.51. The third kappa shape index (κ3) is 6.80. The first-order chi connectivity index (χ1) is 22.0. The number of nitrogens with one attached hydrogen (secondary N) is 1. The molecule has 3 atom stereocenters. The van der Waals surface area contributed by atoms with Crippen molar-refractivity contribution >= 4 is 12.1 Å². The number of carbonyl (C=O) groups excluding carboxylic acids is 1. The molecule has 0 unspecified atom stereocenters. The van der Waals surface area contributed by atoms with Crippen molar-refractivity contribution in [3.63, 3.8) is 0 Å². The molecule has 2 N–H and O–H groups in total. The second-order valence-corrected chi connectivity index (χ2v) is 14.2. The molecule has 4 fully saturated rings. The van der Waals surface area contributed by atoms with Crippen molar-refractivity contribution < 1.29 is 19.4 Å². The molecule has 1 amide bonds. The van der Waals surface area contributed by atoms with Crippen molar-refractivity contribution in [1.29, 1.82) is 0 Å². The van der Waals surface area contributed by atoms with Gasteiger partial charge in [-0.25, -0.2) is 4.79 Å². The van der Waals surface area contributed by atoms with E-state index in [1.807, 2.05) is 30.3 Å². The normalized spacial score (nSPS) is 26.5. The average molecular weight is 616 g/mol. The first kappa shape index (κ1) is 32.1. The summed E-state index contributed by atoms with van der Waals surface area (Å²) in [5.41, 5.74) is 1.55. The number of aliphatic carboxylic acids is 1. The van der Waals surface area contributed by atoms with Crippen molar-refractivity contribution in [3.8, 4) is 0 Å². The Morgan fingerprint density at radius 2 is 1.38 bits per heavy atom. The maximum Gasteiger partial charge on any atom is 0.407 e. The smallest absolute Gasteiger partial charge is 0.407 e. The minimum atomic E-state index is -0.805. The molecule has 45 heavy (non-hydrogen) atoms. The van der Waals surface area contributed by atoms with E-state index in [4.69, 9.17) is 4.74 Å². The molecule has 2 saturated heterocycles. The number of hydrogen-bond donors (Lipinski definition) is 2. The van der Waals surface area contributed by atoms with Crippen LogP contribution in [0.4, 0.5) is 4.79 Å². The molecule has 2 aromatic rings. The average Bonchev–Trinajstić information content (AvgIpc) is 3.43. The third-order valence-corrected chi connectivity index (χ3v) is 11.7. The Balaban J connectivity index is 1.21. The van der Waals surface area contributed by atoms with Gasteiger partial charge in [0.15, 0.2) is 0 Å².